The number of nitrogens with two attached hydrogens (primary N) is 1. The Bertz CT molecular complexity index is 603. The average molecular weight is 332 g/mol. The van der Waals surface area contributed by atoms with Gasteiger partial charge in [-0.25, -0.2) is 0 Å². The molecule has 1 aliphatic heterocycles. The van der Waals surface area contributed by atoms with Gasteiger partial charge in [0.15, 0.2) is 0 Å². The fraction of sp³-hybridized carbons (Fsp3) is 0.471. The van der Waals surface area contributed by atoms with Gasteiger partial charge in [-0.3, -0.25) is 14.4 Å². The second-order valence-electron chi connectivity index (χ2n) is 6.20. The fourth-order valence-corrected chi connectivity index (χ4v) is 2.82. The number of carbonyl (C=O) groups is 3. The number of nitrogens with zero attached hydrogens (tertiary/aromatic N) is 1. The summed E-state index contributed by atoms with van der Waals surface area (Å²) in [4.78, 5) is 38.1. The maximum Gasteiger partial charge on any atom is 0.251 e. The highest BCUT2D eigenvalue weighted by Gasteiger charge is 2.39. The maximum absolute atomic E-state index is 12.3. The lowest BCUT2D eigenvalue weighted by Gasteiger charge is -2.24. The van der Waals surface area contributed by atoms with Crippen LogP contribution in [0.2, 0.25) is 0 Å². The summed E-state index contributed by atoms with van der Waals surface area (Å²) in [5.74, 6) is -0.732. The second-order valence-corrected chi connectivity index (χ2v) is 6.20. The molecule has 7 nitrogen and oxygen atoms in total. The quantitative estimate of drug-likeness (QED) is 0.698. The van der Waals surface area contributed by atoms with E-state index >= 15 is 0 Å². The topological polar surface area (TPSA) is 105 Å². The first-order chi connectivity index (χ1) is 11.4. The van der Waals surface area contributed by atoms with E-state index in [1.54, 1.807) is 24.3 Å². The van der Waals surface area contributed by atoms with Crippen molar-refractivity contribution in [3.63, 3.8) is 0 Å². The highest BCUT2D eigenvalue weighted by molar-refractivity contribution is 5.95. The monoisotopic (exact) mass is 332 g/mol. The van der Waals surface area contributed by atoms with E-state index in [0.717, 1.165) is 0 Å². The second kappa shape index (κ2) is 7.92. The van der Waals surface area contributed by atoms with Crippen molar-refractivity contribution in [2.75, 3.05) is 13.1 Å². The Balaban J connectivity index is 2.06. The molecule has 0 spiro atoms. The van der Waals surface area contributed by atoms with E-state index in [1.807, 2.05) is 19.9 Å². The number of carbonyl (C=O) groups excluding carboxylic acids is 3. The lowest BCUT2D eigenvalue weighted by molar-refractivity contribution is -0.137. The predicted molar refractivity (Wildman–Crippen MR) is 90.1 cm³/mol. The molecule has 7 heteroatoms. The summed E-state index contributed by atoms with van der Waals surface area (Å²) >= 11 is 0. The summed E-state index contributed by atoms with van der Waals surface area (Å²) in [6.07, 6.45) is 0.378. The average Bonchev–Trinajstić information content (AvgIpc) is 2.98. The van der Waals surface area contributed by atoms with Gasteiger partial charge in [0.25, 0.3) is 5.91 Å². The molecule has 0 saturated carbocycles. The Hall–Kier alpha value is -2.41. The van der Waals surface area contributed by atoms with Crippen molar-refractivity contribution in [2.24, 2.45) is 5.73 Å². The van der Waals surface area contributed by atoms with Crippen LogP contribution < -0.4 is 16.4 Å². The Labute approximate surface area is 141 Å². The summed E-state index contributed by atoms with van der Waals surface area (Å²) in [6, 6.07) is 7.93. The third-order valence-corrected chi connectivity index (χ3v) is 3.90. The minimum Gasteiger partial charge on any atom is -0.352 e. The Morgan fingerprint density at radius 3 is 2.50 bits per heavy atom. The van der Waals surface area contributed by atoms with E-state index in [2.05, 4.69) is 10.6 Å². The Kier molecular flexibility index (Phi) is 5.92. The first-order valence-corrected chi connectivity index (χ1v) is 8.08. The van der Waals surface area contributed by atoms with Crippen LogP contribution in [0, 0.1) is 0 Å². The Morgan fingerprint density at radius 2 is 1.92 bits per heavy atom. The van der Waals surface area contributed by atoms with E-state index in [4.69, 9.17) is 5.73 Å². The molecule has 0 aliphatic carbocycles. The maximum atomic E-state index is 12.3. The van der Waals surface area contributed by atoms with Gasteiger partial charge in [0.05, 0.1) is 6.54 Å². The number of nitrogens with one attached hydrogen (secondary N) is 2. The zero-order chi connectivity index (χ0) is 17.7. The molecule has 2 unspecified atom stereocenters. The van der Waals surface area contributed by atoms with Gasteiger partial charge < -0.3 is 21.3 Å². The van der Waals surface area contributed by atoms with Gasteiger partial charge in [0, 0.05) is 24.2 Å². The minimum absolute atomic E-state index is 0.0229. The van der Waals surface area contributed by atoms with Crippen molar-refractivity contribution < 1.29 is 14.4 Å². The first kappa shape index (κ1) is 17.9. The van der Waals surface area contributed by atoms with Crippen molar-refractivity contribution in [1.82, 2.24) is 15.5 Å². The molecule has 0 radical (unpaired) electrons. The highest BCUT2D eigenvalue weighted by Crippen LogP contribution is 2.19. The molecule has 2 rings (SSSR count). The third kappa shape index (κ3) is 4.32. The molecule has 0 bridgehead atoms. The van der Waals surface area contributed by atoms with Gasteiger partial charge in [0.1, 0.15) is 6.04 Å². The molecule has 1 saturated heterocycles. The molecule has 1 aromatic carbocycles. The van der Waals surface area contributed by atoms with E-state index in [9.17, 15) is 14.4 Å². The summed E-state index contributed by atoms with van der Waals surface area (Å²) in [5.41, 5.74) is 5.99. The van der Waals surface area contributed by atoms with Gasteiger partial charge in [-0.1, -0.05) is 18.2 Å². The van der Waals surface area contributed by atoms with Gasteiger partial charge in [-0.2, -0.15) is 0 Å². The lowest BCUT2D eigenvalue weighted by atomic mass is 10.1. The fourth-order valence-electron chi connectivity index (χ4n) is 2.82. The van der Waals surface area contributed by atoms with Crippen LogP contribution in [0.5, 0.6) is 0 Å². The molecular formula is C17H24N4O3. The standard InChI is InChI=1S/C17H24N4O3/c1-11(2)19-17(24)14-8-13(10-21(14)15(22)9-18)20-16(23)12-6-4-3-5-7-12/h3-7,11,13-14H,8-10,18H2,1-2H3,(H,19,24)(H,20,23). The van der Waals surface area contributed by atoms with Crippen LogP contribution in [0.3, 0.4) is 0 Å². The molecule has 1 fully saturated rings. The summed E-state index contributed by atoms with van der Waals surface area (Å²) in [6.45, 7) is 3.84. The van der Waals surface area contributed by atoms with E-state index in [0.29, 0.717) is 12.0 Å². The van der Waals surface area contributed by atoms with Crippen molar-refractivity contribution in [1.29, 1.82) is 0 Å². The van der Waals surface area contributed by atoms with E-state index in [1.165, 1.54) is 4.90 Å². The molecule has 1 heterocycles. The number of hydrogen-bond acceptors (Lipinski definition) is 4. The molecule has 24 heavy (non-hydrogen) atoms. The summed E-state index contributed by atoms with van der Waals surface area (Å²) in [5, 5.41) is 5.70. The smallest absolute Gasteiger partial charge is 0.251 e. The van der Waals surface area contributed by atoms with Gasteiger partial charge in [-0.15, -0.1) is 0 Å². The number of amides is 3. The number of hydrogen-bond donors (Lipinski definition) is 3. The van der Waals surface area contributed by atoms with Gasteiger partial charge in [-0.05, 0) is 32.4 Å². The molecule has 1 aromatic rings. The van der Waals surface area contributed by atoms with Crippen LogP contribution in [0.4, 0.5) is 0 Å². The van der Waals surface area contributed by atoms with Crippen LogP contribution in [0.25, 0.3) is 0 Å². The molecule has 1 aliphatic rings. The number of rotatable bonds is 5. The van der Waals surface area contributed by atoms with Gasteiger partial charge >= 0.3 is 0 Å². The highest BCUT2D eigenvalue weighted by atomic mass is 16.2. The van der Waals surface area contributed by atoms with Gasteiger partial charge in [0.2, 0.25) is 11.8 Å². The Morgan fingerprint density at radius 1 is 1.25 bits per heavy atom. The summed E-state index contributed by atoms with van der Waals surface area (Å²) in [7, 11) is 0. The number of likely N-dealkylation sites (tertiary alicyclic amines) is 1. The van der Waals surface area contributed by atoms with Crippen molar-refractivity contribution in [3.05, 3.63) is 35.9 Å². The van der Waals surface area contributed by atoms with Crippen molar-refractivity contribution in [3.8, 4) is 0 Å². The molecule has 3 amide bonds. The zero-order valence-corrected chi connectivity index (χ0v) is 14.0. The van der Waals surface area contributed by atoms with Crippen LogP contribution in [0.15, 0.2) is 30.3 Å². The largest absolute Gasteiger partial charge is 0.352 e. The SMILES string of the molecule is CC(C)NC(=O)C1CC(NC(=O)c2ccccc2)CN1C(=O)CN. The minimum atomic E-state index is -0.607. The van der Waals surface area contributed by atoms with Crippen molar-refractivity contribution in [2.45, 2.75) is 38.4 Å². The normalized spacial score (nSPS) is 20.1. The van der Waals surface area contributed by atoms with E-state index in [-0.39, 0.29) is 42.9 Å². The van der Waals surface area contributed by atoms with Crippen LogP contribution in [-0.4, -0.2) is 53.8 Å². The molecule has 0 aromatic heterocycles. The first-order valence-electron chi connectivity index (χ1n) is 8.08. The predicted octanol–water partition coefficient (Wildman–Crippen LogP) is -0.131. The van der Waals surface area contributed by atoms with Crippen molar-refractivity contribution >= 4 is 17.7 Å². The zero-order valence-electron chi connectivity index (χ0n) is 14.0. The van der Waals surface area contributed by atoms with Crippen LogP contribution >= 0.6 is 0 Å². The van der Waals surface area contributed by atoms with Crippen LogP contribution in [0.1, 0.15) is 30.6 Å². The third-order valence-electron chi connectivity index (χ3n) is 3.90. The number of benzene rings is 1. The molecule has 2 atom stereocenters. The lowest BCUT2D eigenvalue weighted by Crippen LogP contribution is -2.49. The van der Waals surface area contributed by atoms with E-state index < -0.39 is 6.04 Å². The molecular weight excluding hydrogens is 308 g/mol. The molecule has 4 N–H and O–H groups in total. The summed E-state index contributed by atoms with van der Waals surface area (Å²) < 4.78 is 0. The molecule has 130 valence electrons. The van der Waals surface area contributed by atoms with Crippen LogP contribution in [-0.2, 0) is 9.59 Å².